The molecule has 2 aromatic rings. The number of piperidine rings is 1. The smallest absolute Gasteiger partial charge is 0.234 e. The Bertz CT molecular complexity index is 915. The molecule has 150 valence electrons. The number of hydrogen-bond acceptors (Lipinski definition) is 4. The number of carbonyl (C=O) groups is 1. The summed E-state index contributed by atoms with van der Waals surface area (Å²) in [6.07, 6.45) is 4.43. The van der Waals surface area contributed by atoms with Crippen molar-refractivity contribution in [1.82, 2.24) is 10.2 Å². The SMILES string of the molecule is N#C[C@H](Cc1ccc(-c2ccc3c(c2)CCNC3)cc1)N1CCCCC1C(N)=O. The van der Waals surface area contributed by atoms with E-state index >= 15 is 0 Å². The standard InChI is InChI=1S/C24H28N4O/c25-15-22(28-12-2-1-3-23(28)24(26)29)13-17-4-6-18(7-5-17)19-8-9-21-16-27-11-10-20(21)14-19/h4-9,14,22-23,27H,1-3,10-13,16H2,(H2,26,29)/t22-,23?/m0/s1. The number of primary amides is 1. The second-order valence-electron chi connectivity index (χ2n) is 8.11. The van der Waals surface area contributed by atoms with E-state index in [0.29, 0.717) is 6.42 Å². The minimum absolute atomic E-state index is 0.317. The first kappa shape index (κ1) is 19.6. The van der Waals surface area contributed by atoms with E-state index in [1.165, 1.54) is 22.3 Å². The van der Waals surface area contributed by atoms with Crippen molar-refractivity contribution in [2.75, 3.05) is 13.1 Å². The monoisotopic (exact) mass is 388 g/mol. The van der Waals surface area contributed by atoms with Crippen molar-refractivity contribution in [1.29, 1.82) is 5.26 Å². The fourth-order valence-corrected chi connectivity index (χ4v) is 4.58. The highest BCUT2D eigenvalue weighted by Crippen LogP contribution is 2.26. The van der Waals surface area contributed by atoms with E-state index in [1.54, 1.807) is 0 Å². The van der Waals surface area contributed by atoms with E-state index in [9.17, 15) is 10.1 Å². The van der Waals surface area contributed by atoms with Gasteiger partial charge in [0, 0.05) is 19.5 Å². The zero-order valence-electron chi connectivity index (χ0n) is 16.7. The molecular weight excluding hydrogens is 360 g/mol. The van der Waals surface area contributed by atoms with Crippen LogP contribution >= 0.6 is 0 Å². The summed E-state index contributed by atoms with van der Waals surface area (Å²) < 4.78 is 0. The number of hydrogen-bond donors (Lipinski definition) is 2. The summed E-state index contributed by atoms with van der Waals surface area (Å²) in [7, 11) is 0. The predicted molar refractivity (Wildman–Crippen MR) is 114 cm³/mol. The number of benzene rings is 2. The van der Waals surface area contributed by atoms with Gasteiger partial charge in [0.15, 0.2) is 0 Å². The molecule has 5 heteroatoms. The molecule has 4 rings (SSSR count). The van der Waals surface area contributed by atoms with E-state index in [2.05, 4.69) is 53.9 Å². The Morgan fingerprint density at radius 1 is 1.17 bits per heavy atom. The van der Waals surface area contributed by atoms with E-state index in [0.717, 1.165) is 50.9 Å². The molecule has 2 aliphatic heterocycles. The lowest BCUT2D eigenvalue weighted by atomic mass is 9.94. The lowest BCUT2D eigenvalue weighted by Gasteiger charge is -2.36. The maximum Gasteiger partial charge on any atom is 0.234 e. The van der Waals surface area contributed by atoms with Gasteiger partial charge in [-0.3, -0.25) is 9.69 Å². The van der Waals surface area contributed by atoms with Crippen molar-refractivity contribution in [3.8, 4) is 17.2 Å². The third-order valence-corrected chi connectivity index (χ3v) is 6.23. The van der Waals surface area contributed by atoms with Crippen molar-refractivity contribution in [3.63, 3.8) is 0 Å². The van der Waals surface area contributed by atoms with Crippen molar-refractivity contribution < 1.29 is 4.79 Å². The van der Waals surface area contributed by atoms with Gasteiger partial charge in [-0.25, -0.2) is 0 Å². The van der Waals surface area contributed by atoms with Gasteiger partial charge in [0.2, 0.25) is 5.91 Å². The second-order valence-corrected chi connectivity index (χ2v) is 8.11. The summed E-state index contributed by atoms with van der Waals surface area (Å²) in [5.41, 5.74) is 11.9. The van der Waals surface area contributed by atoms with Crippen LogP contribution in [0, 0.1) is 11.3 Å². The number of nitrogens with one attached hydrogen (secondary N) is 1. The van der Waals surface area contributed by atoms with Gasteiger partial charge in [-0.15, -0.1) is 0 Å². The van der Waals surface area contributed by atoms with Crippen molar-refractivity contribution in [3.05, 3.63) is 59.2 Å². The molecule has 2 heterocycles. The maximum absolute atomic E-state index is 11.8. The molecule has 3 N–H and O–H groups in total. The fraction of sp³-hybridized carbons (Fsp3) is 0.417. The molecular formula is C24H28N4O. The Morgan fingerprint density at radius 3 is 2.72 bits per heavy atom. The van der Waals surface area contributed by atoms with E-state index in [-0.39, 0.29) is 18.0 Å². The van der Waals surface area contributed by atoms with Crippen LogP contribution in [-0.4, -0.2) is 36.0 Å². The zero-order chi connectivity index (χ0) is 20.2. The van der Waals surface area contributed by atoms with Crippen LogP contribution in [0.1, 0.15) is 36.0 Å². The van der Waals surface area contributed by atoms with Gasteiger partial charge in [-0.2, -0.15) is 5.26 Å². The third-order valence-electron chi connectivity index (χ3n) is 6.23. The highest BCUT2D eigenvalue weighted by atomic mass is 16.1. The van der Waals surface area contributed by atoms with Crippen LogP contribution in [0.25, 0.3) is 11.1 Å². The average Bonchev–Trinajstić information content (AvgIpc) is 2.77. The Balaban J connectivity index is 1.49. The topological polar surface area (TPSA) is 82.2 Å². The van der Waals surface area contributed by atoms with Gasteiger partial charge in [-0.1, -0.05) is 48.9 Å². The maximum atomic E-state index is 11.8. The number of fused-ring (bicyclic) bond motifs is 1. The minimum atomic E-state index is -0.324. The van der Waals surface area contributed by atoms with Crippen LogP contribution in [0.15, 0.2) is 42.5 Å². The van der Waals surface area contributed by atoms with Crippen molar-refractivity contribution in [2.45, 2.75) is 50.7 Å². The number of carbonyl (C=O) groups excluding carboxylic acids is 1. The normalized spacial score (nSPS) is 20.4. The van der Waals surface area contributed by atoms with Crippen LogP contribution in [-0.2, 0) is 24.2 Å². The summed E-state index contributed by atoms with van der Waals surface area (Å²) >= 11 is 0. The van der Waals surface area contributed by atoms with Crippen LogP contribution in [0.3, 0.4) is 0 Å². The number of nitrogens with zero attached hydrogens (tertiary/aromatic N) is 2. The number of amides is 1. The molecule has 5 nitrogen and oxygen atoms in total. The molecule has 0 aromatic heterocycles. The minimum Gasteiger partial charge on any atom is -0.368 e. The highest BCUT2D eigenvalue weighted by Gasteiger charge is 2.32. The molecule has 0 spiro atoms. The molecule has 2 aliphatic rings. The summed E-state index contributed by atoms with van der Waals surface area (Å²) in [6, 6.07) is 16.9. The number of nitriles is 1. The molecule has 0 saturated carbocycles. The molecule has 2 atom stereocenters. The van der Waals surface area contributed by atoms with Crippen LogP contribution in [0.5, 0.6) is 0 Å². The molecule has 1 amide bonds. The van der Waals surface area contributed by atoms with Crippen LogP contribution < -0.4 is 11.1 Å². The first-order valence-electron chi connectivity index (χ1n) is 10.5. The summed E-state index contributed by atoms with van der Waals surface area (Å²) in [6.45, 7) is 2.74. The lowest BCUT2D eigenvalue weighted by molar-refractivity contribution is -0.125. The number of rotatable bonds is 5. The molecule has 0 aliphatic carbocycles. The average molecular weight is 389 g/mol. The first-order valence-corrected chi connectivity index (χ1v) is 10.5. The summed E-state index contributed by atoms with van der Waals surface area (Å²) in [4.78, 5) is 13.8. The quantitative estimate of drug-likeness (QED) is 0.825. The Kier molecular flexibility index (Phi) is 5.94. The van der Waals surface area contributed by atoms with E-state index < -0.39 is 0 Å². The molecule has 0 bridgehead atoms. The van der Waals surface area contributed by atoms with Crippen molar-refractivity contribution in [2.24, 2.45) is 5.73 Å². The van der Waals surface area contributed by atoms with Crippen LogP contribution in [0.4, 0.5) is 0 Å². The number of likely N-dealkylation sites (tertiary alicyclic amines) is 1. The predicted octanol–water partition coefficient (Wildman–Crippen LogP) is 2.77. The molecule has 1 unspecified atom stereocenters. The van der Waals surface area contributed by atoms with Gasteiger partial charge in [0.25, 0.3) is 0 Å². The van der Waals surface area contributed by atoms with Gasteiger partial charge < -0.3 is 11.1 Å². The van der Waals surface area contributed by atoms with Gasteiger partial charge >= 0.3 is 0 Å². The summed E-state index contributed by atoms with van der Waals surface area (Å²) in [5, 5.41) is 13.1. The second kappa shape index (κ2) is 8.77. The molecule has 2 aromatic carbocycles. The lowest BCUT2D eigenvalue weighted by Crippen LogP contribution is -2.52. The van der Waals surface area contributed by atoms with Gasteiger partial charge in [0.1, 0.15) is 6.04 Å². The largest absolute Gasteiger partial charge is 0.368 e. The van der Waals surface area contributed by atoms with Gasteiger partial charge in [-0.05, 0) is 53.6 Å². The Morgan fingerprint density at radius 2 is 1.97 bits per heavy atom. The highest BCUT2D eigenvalue weighted by molar-refractivity contribution is 5.80. The van der Waals surface area contributed by atoms with Gasteiger partial charge in [0.05, 0.1) is 12.1 Å². The number of nitrogens with two attached hydrogens (primary N) is 1. The first-order chi connectivity index (χ1) is 14.2. The molecule has 0 radical (unpaired) electrons. The fourth-order valence-electron chi connectivity index (χ4n) is 4.58. The molecule has 29 heavy (non-hydrogen) atoms. The summed E-state index contributed by atoms with van der Waals surface area (Å²) in [5.74, 6) is -0.317. The zero-order valence-corrected chi connectivity index (χ0v) is 16.7. The Hall–Kier alpha value is -2.68. The molecule has 1 fully saturated rings. The van der Waals surface area contributed by atoms with E-state index in [4.69, 9.17) is 5.73 Å². The van der Waals surface area contributed by atoms with Crippen LogP contribution in [0.2, 0.25) is 0 Å². The van der Waals surface area contributed by atoms with Crippen molar-refractivity contribution >= 4 is 5.91 Å². The third kappa shape index (κ3) is 4.34. The Labute approximate surface area is 172 Å². The molecule has 1 saturated heterocycles. The van der Waals surface area contributed by atoms with E-state index in [1.807, 2.05) is 4.90 Å².